The lowest BCUT2D eigenvalue weighted by Gasteiger charge is -2.30. The van der Waals surface area contributed by atoms with Crippen molar-refractivity contribution in [3.8, 4) is 11.5 Å². The molecule has 1 aromatic heterocycles. The summed E-state index contributed by atoms with van der Waals surface area (Å²) >= 11 is 0. The number of piperazine rings is 1. The lowest BCUT2D eigenvalue weighted by atomic mass is 10.3. The van der Waals surface area contributed by atoms with Crippen LogP contribution in [0.1, 0.15) is 13.8 Å². The van der Waals surface area contributed by atoms with Gasteiger partial charge in [-0.2, -0.15) is 8.61 Å². The number of aromatic amines is 1. The summed E-state index contributed by atoms with van der Waals surface area (Å²) in [7, 11) is -7.20. The van der Waals surface area contributed by atoms with Crippen molar-refractivity contribution in [3.63, 3.8) is 0 Å². The number of nitrogens with one attached hydrogen (secondary N) is 1. The molecule has 2 aromatic rings. The monoisotopic (exact) mass is 497 g/mol. The first-order valence-electron chi connectivity index (χ1n) is 10.9. The highest BCUT2D eigenvalue weighted by Crippen LogP contribution is 2.33. The maximum Gasteiger partial charge on any atom is 0.274 e. The minimum Gasteiger partial charge on any atom is -0.486 e. The van der Waals surface area contributed by atoms with E-state index in [4.69, 9.17) is 9.47 Å². The third-order valence-corrected chi connectivity index (χ3v) is 9.78. The lowest BCUT2D eigenvalue weighted by Crippen LogP contribution is -2.50. The van der Waals surface area contributed by atoms with Crippen LogP contribution in [0.25, 0.3) is 0 Å². The van der Waals surface area contributed by atoms with E-state index in [9.17, 15) is 16.8 Å². The molecule has 3 heterocycles. The smallest absolute Gasteiger partial charge is 0.274 e. The van der Waals surface area contributed by atoms with E-state index in [1.807, 2.05) is 4.90 Å². The molecule has 0 amide bonds. The highest BCUT2D eigenvalue weighted by molar-refractivity contribution is 7.89. The molecule has 0 bridgehead atoms. The molecule has 0 unspecified atom stereocenters. The summed E-state index contributed by atoms with van der Waals surface area (Å²) in [6.45, 7) is 6.82. The number of nitrogens with zero attached hydrogens (tertiary/aromatic N) is 3. The van der Waals surface area contributed by atoms with Gasteiger partial charge in [-0.1, -0.05) is 13.8 Å². The number of ether oxygens (including phenoxy) is 2. The number of anilines is 1. The van der Waals surface area contributed by atoms with E-state index in [-0.39, 0.29) is 9.79 Å². The van der Waals surface area contributed by atoms with Crippen molar-refractivity contribution < 1.29 is 31.3 Å². The van der Waals surface area contributed by atoms with Gasteiger partial charge in [-0.3, -0.25) is 4.90 Å². The van der Waals surface area contributed by atoms with Crippen LogP contribution in [-0.4, -0.2) is 77.9 Å². The van der Waals surface area contributed by atoms with E-state index in [0.717, 1.165) is 5.82 Å². The quantitative estimate of drug-likeness (QED) is 0.557. The number of sulfonamides is 2. The van der Waals surface area contributed by atoms with Crippen LogP contribution in [0.4, 0.5) is 5.82 Å². The van der Waals surface area contributed by atoms with Crippen LogP contribution in [-0.2, 0) is 20.0 Å². The molecule has 180 valence electrons. The van der Waals surface area contributed by atoms with Gasteiger partial charge < -0.3 is 9.47 Å². The second kappa shape index (κ2) is 9.45. The Kier molecular flexibility index (Phi) is 6.80. The normalized spacial score (nSPS) is 17.4. The number of hydrogen-bond donors (Lipinski definition) is 0. The number of rotatable bonds is 7. The van der Waals surface area contributed by atoms with Gasteiger partial charge >= 0.3 is 0 Å². The van der Waals surface area contributed by atoms with Crippen LogP contribution in [0.2, 0.25) is 0 Å². The molecule has 1 N–H and O–H groups in total. The summed E-state index contributed by atoms with van der Waals surface area (Å²) in [6.07, 6.45) is 1.49. The van der Waals surface area contributed by atoms with Crippen molar-refractivity contribution in [2.24, 2.45) is 0 Å². The van der Waals surface area contributed by atoms with Crippen molar-refractivity contribution in [1.29, 1.82) is 0 Å². The van der Waals surface area contributed by atoms with Gasteiger partial charge in [0.05, 0.1) is 31.1 Å². The molecule has 1 saturated heterocycles. The Labute approximate surface area is 194 Å². The molecule has 1 aromatic carbocycles. The summed E-state index contributed by atoms with van der Waals surface area (Å²) in [6, 6.07) is 7.98. The minimum absolute atomic E-state index is 0.178. The third-order valence-electron chi connectivity index (χ3n) is 5.84. The first-order valence-corrected chi connectivity index (χ1v) is 13.8. The fraction of sp³-hybridized carbons (Fsp3) is 0.476. The molecule has 0 saturated carbocycles. The number of H-pyrrole nitrogens is 1. The lowest BCUT2D eigenvalue weighted by molar-refractivity contribution is -0.367. The molecule has 2 aliphatic heterocycles. The molecule has 33 heavy (non-hydrogen) atoms. The van der Waals surface area contributed by atoms with Gasteiger partial charge in [0.1, 0.15) is 24.3 Å². The average Bonchev–Trinajstić information content (AvgIpc) is 2.84. The molecule has 2 aliphatic rings. The Morgan fingerprint density at radius 2 is 1.52 bits per heavy atom. The van der Waals surface area contributed by atoms with Crippen molar-refractivity contribution in [3.05, 3.63) is 36.5 Å². The molecule has 12 heteroatoms. The number of aromatic nitrogens is 1. The van der Waals surface area contributed by atoms with Crippen LogP contribution in [0.5, 0.6) is 11.5 Å². The second-order valence-corrected chi connectivity index (χ2v) is 11.6. The highest BCUT2D eigenvalue weighted by Gasteiger charge is 2.33. The topological polar surface area (TPSA) is 111 Å². The van der Waals surface area contributed by atoms with E-state index in [1.165, 1.54) is 26.9 Å². The van der Waals surface area contributed by atoms with E-state index in [0.29, 0.717) is 64.0 Å². The maximum absolute atomic E-state index is 13.1. The van der Waals surface area contributed by atoms with Crippen molar-refractivity contribution >= 4 is 25.9 Å². The Morgan fingerprint density at radius 3 is 2.12 bits per heavy atom. The van der Waals surface area contributed by atoms with E-state index in [1.54, 1.807) is 32.0 Å². The highest BCUT2D eigenvalue weighted by atomic mass is 32.2. The summed E-state index contributed by atoms with van der Waals surface area (Å²) in [5, 5.41) is 0. The predicted molar refractivity (Wildman–Crippen MR) is 122 cm³/mol. The molecule has 4 rings (SSSR count). The maximum atomic E-state index is 13.1. The predicted octanol–water partition coefficient (Wildman–Crippen LogP) is 0.813. The second-order valence-electron chi connectivity index (χ2n) is 7.70. The number of benzene rings is 1. The summed E-state index contributed by atoms with van der Waals surface area (Å²) < 4.78 is 65.4. The molecule has 1 fully saturated rings. The Morgan fingerprint density at radius 1 is 0.879 bits per heavy atom. The van der Waals surface area contributed by atoms with Gasteiger partial charge in [0.25, 0.3) is 5.82 Å². The zero-order valence-electron chi connectivity index (χ0n) is 18.7. The van der Waals surface area contributed by atoms with Crippen LogP contribution in [0.3, 0.4) is 0 Å². The van der Waals surface area contributed by atoms with Crippen molar-refractivity contribution in [2.45, 2.75) is 23.6 Å². The standard InChI is InChI=1S/C21H28N4O6S2/c1-3-24(4-2)33(28,29)18-6-8-21(22-16-18)23-9-11-25(12-10-23)32(26,27)17-5-7-19-20(15-17)31-14-13-30-19/h5-8,15-16H,3-4,9-14H2,1-2H3/p+1. The number of pyridine rings is 1. The largest absolute Gasteiger partial charge is 0.486 e. The van der Waals surface area contributed by atoms with Gasteiger partial charge in [0.2, 0.25) is 20.0 Å². The fourth-order valence-electron chi connectivity index (χ4n) is 3.97. The Balaban J connectivity index is 1.43. The van der Waals surface area contributed by atoms with E-state index >= 15 is 0 Å². The summed E-state index contributed by atoms with van der Waals surface area (Å²) in [4.78, 5) is 5.44. The van der Waals surface area contributed by atoms with Crippen LogP contribution < -0.4 is 19.4 Å². The van der Waals surface area contributed by atoms with Gasteiger partial charge in [-0.05, 0) is 18.2 Å². The van der Waals surface area contributed by atoms with Gasteiger partial charge in [0.15, 0.2) is 11.5 Å². The Hall–Kier alpha value is -2.41. The molecule has 10 nitrogen and oxygen atoms in total. The zero-order chi connectivity index (χ0) is 23.6. The fourth-order valence-corrected chi connectivity index (χ4v) is 6.84. The van der Waals surface area contributed by atoms with Gasteiger partial charge in [0, 0.05) is 25.2 Å². The third kappa shape index (κ3) is 4.65. The molecular weight excluding hydrogens is 468 g/mol. The molecule has 0 spiro atoms. The first kappa shape index (κ1) is 23.7. The average molecular weight is 498 g/mol. The SMILES string of the molecule is CCN(CC)S(=O)(=O)c1ccc(N2CCN(S(=O)(=O)c3ccc4c(c3)OCCO4)CC2)[nH+]c1. The number of hydrogen-bond acceptors (Lipinski definition) is 7. The molecular formula is C21H29N4O6S2+. The zero-order valence-corrected chi connectivity index (χ0v) is 20.4. The Bertz CT molecular complexity index is 1190. The van der Waals surface area contributed by atoms with Crippen LogP contribution in [0.15, 0.2) is 46.3 Å². The van der Waals surface area contributed by atoms with Crippen LogP contribution in [0, 0.1) is 0 Å². The van der Waals surface area contributed by atoms with Crippen LogP contribution >= 0.6 is 0 Å². The van der Waals surface area contributed by atoms with Gasteiger partial charge in [-0.25, -0.2) is 21.8 Å². The van der Waals surface area contributed by atoms with Crippen molar-refractivity contribution in [1.82, 2.24) is 8.61 Å². The van der Waals surface area contributed by atoms with E-state index in [2.05, 4.69) is 4.98 Å². The summed E-state index contributed by atoms with van der Waals surface area (Å²) in [5.41, 5.74) is 0. The first-order chi connectivity index (χ1) is 15.8. The summed E-state index contributed by atoms with van der Waals surface area (Å²) in [5.74, 6) is 1.73. The molecule has 0 atom stereocenters. The molecule has 0 aliphatic carbocycles. The molecule has 0 radical (unpaired) electrons. The number of fused-ring (bicyclic) bond motifs is 1. The van der Waals surface area contributed by atoms with E-state index < -0.39 is 20.0 Å². The van der Waals surface area contributed by atoms with Crippen molar-refractivity contribution in [2.75, 3.05) is 57.4 Å². The van der Waals surface area contributed by atoms with Gasteiger partial charge in [-0.15, -0.1) is 0 Å². The minimum atomic E-state index is -3.67.